The van der Waals surface area contributed by atoms with Crippen LogP contribution in [0.15, 0.2) is 34.9 Å². The van der Waals surface area contributed by atoms with Crippen LogP contribution in [0.2, 0.25) is 0 Å². The van der Waals surface area contributed by atoms with Crippen LogP contribution in [-0.4, -0.2) is 28.4 Å². The number of amides is 1. The molecule has 0 aliphatic rings. The first-order valence-corrected chi connectivity index (χ1v) is 9.00. The average molecular weight is 361 g/mol. The largest absolute Gasteiger partial charge is 0.444 e. The van der Waals surface area contributed by atoms with Crippen molar-refractivity contribution in [3.63, 3.8) is 0 Å². The zero-order valence-corrected chi connectivity index (χ0v) is 15.8. The van der Waals surface area contributed by atoms with Crippen molar-refractivity contribution < 1.29 is 19.8 Å². The third kappa shape index (κ3) is 7.23. The summed E-state index contributed by atoms with van der Waals surface area (Å²) in [7, 11) is 0. The van der Waals surface area contributed by atoms with Crippen LogP contribution in [-0.2, 0) is 11.2 Å². The highest BCUT2D eigenvalue weighted by Crippen LogP contribution is 2.14. The number of rotatable bonds is 8. The molecule has 0 fully saturated rings. The second-order valence-corrected chi connectivity index (χ2v) is 7.33. The topological polar surface area (TPSA) is 105 Å². The summed E-state index contributed by atoms with van der Waals surface area (Å²) in [6.45, 7) is 6.11. The van der Waals surface area contributed by atoms with Crippen LogP contribution in [0, 0.1) is 0 Å². The van der Waals surface area contributed by atoms with Gasteiger partial charge in [0, 0.05) is 19.4 Å². The summed E-state index contributed by atoms with van der Waals surface area (Å²) in [6, 6.07) is 9.99. The van der Waals surface area contributed by atoms with Crippen molar-refractivity contribution in [3.05, 3.63) is 47.6 Å². The molecule has 2 aromatic rings. The number of carbonyl (C=O) groups excluding carboxylic acids is 1. The van der Waals surface area contributed by atoms with Crippen molar-refractivity contribution in [1.29, 1.82) is 0 Å². The van der Waals surface area contributed by atoms with Gasteiger partial charge in [-0.2, -0.15) is 4.98 Å². The van der Waals surface area contributed by atoms with Crippen LogP contribution in [0.1, 0.15) is 63.4 Å². The maximum Gasteiger partial charge on any atom is 0.407 e. The van der Waals surface area contributed by atoms with E-state index in [0.717, 1.165) is 24.8 Å². The van der Waals surface area contributed by atoms with Gasteiger partial charge in [0.25, 0.3) is 5.89 Å². The first-order valence-electron chi connectivity index (χ1n) is 9.00. The fraction of sp³-hybridized carbons (Fsp3) is 0.526. The predicted octanol–water partition coefficient (Wildman–Crippen LogP) is 2.64. The molecule has 0 saturated carbocycles. The Kier molecular flexibility index (Phi) is 7.15. The monoisotopic (exact) mass is 361 g/mol. The van der Waals surface area contributed by atoms with Crippen molar-refractivity contribution in [2.75, 3.05) is 6.54 Å². The summed E-state index contributed by atoms with van der Waals surface area (Å²) in [5.41, 5.74) is 4.77. The summed E-state index contributed by atoms with van der Waals surface area (Å²) in [5.74, 6) is 1.24. The molecule has 4 N–H and O–H groups in total. The molecule has 1 aromatic carbocycles. The predicted molar refractivity (Wildman–Crippen MR) is 97.3 cm³/mol. The minimum Gasteiger partial charge on any atom is -0.444 e. The molecule has 1 amide bonds. The lowest BCUT2D eigenvalue weighted by Crippen LogP contribution is -2.53. The molecule has 1 heterocycles. The van der Waals surface area contributed by atoms with E-state index in [-0.39, 0.29) is 12.1 Å². The molecule has 7 heteroatoms. The zero-order chi connectivity index (χ0) is 19.0. The highest BCUT2D eigenvalue weighted by Gasteiger charge is 2.18. The lowest BCUT2D eigenvalue weighted by Gasteiger charge is -2.19. The number of quaternary nitrogens is 1. The number of carbonyl (C=O) groups is 1. The first kappa shape index (κ1) is 19.9. The Morgan fingerprint density at radius 1 is 1.27 bits per heavy atom. The fourth-order valence-electron chi connectivity index (χ4n) is 2.43. The van der Waals surface area contributed by atoms with Gasteiger partial charge in [0.05, 0.1) is 0 Å². The molecule has 26 heavy (non-hydrogen) atoms. The van der Waals surface area contributed by atoms with E-state index in [4.69, 9.17) is 9.26 Å². The number of benzene rings is 1. The van der Waals surface area contributed by atoms with E-state index < -0.39 is 5.60 Å². The van der Waals surface area contributed by atoms with Crippen LogP contribution >= 0.6 is 0 Å². The number of nitrogens with one attached hydrogen (secondary N) is 1. The minimum absolute atomic E-state index is 0.0476. The quantitative estimate of drug-likeness (QED) is 0.703. The Morgan fingerprint density at radius 3 is 2.69 bits per heavy atom. The van der Waals surface area contributed by atoms with Crippen molar-refractivity contribution in [2.24, 2.45) is 0 Å². The van der Waals surface area contributed by atoms with E-state index in [0.29, 0.717) is 24.7 Å². The van der Waals surface area contributed by atoms with Gasteiger partial charge in [0.1, 0.15) is 5.60 Å². The maximum atomic E-state index is 11.6. The molecule has 142 valence electrons. The van der Waals surface area contributed by atoms with Gasteiger partial charge in [0.15, 0.2) is 11.9 Å². The number of aromatic nitrogens is 2. The van der Waals surface area contributed by atoms with Gasteiger partial charge >= 0.3 is 6.09 Å². The third-order valence-corrected chi connectivity index (χ3v) is 3.69. The molecular weight excluding hydrogens is 332 g/mol. The number of alkyl carbamates (subject to hydrolysis) is 1. The molecule has 0 saturated heterocycles. The standard InChI is InChI=1S/C19H28N4O3/c1-19(2,3)25-18(24)21-12-8-7-11-15(20)17-22-16(23-26-17)13-14-9-5-4-6-10-14/h4-6,9-10,15H,7-8,11-13,20H2,1-3H3,(H,21,24)/p+1/t15-/m0/s1. The van der Waals surface area contributed by atoms with Crippen LogP contribution in [0.5, 0.6) is 0 Å². The van der Waals surface area contributed by atoms with Gasteiger partial charge in [-0.1, -0.05) is 35.5 Å². The molecule has 0 unspecified atom stereocenters. The summed E-state index contributed by atoms with van der Waals surface area (Å²) >= 11 is 0. The van der Waals surface area contributed by atoms with E-state index in [9.17, 15) is 4.79 Å². The van der Waals surface area contributed by atoms with Gasteiger partial charge in [0.2, 0.25) is 0 Å². The molecular formula is C19H29N4O3+. The molecule has 0 aliphatic heterocycles. The van der Waals surface area contributed by atoms with E-state index in [1.54, 1.807) is 0 Å². The van der Waals surface area contributed by atoms with Gasteiger partial charge < -0.3 is 20.3 Å². The van der Waals surface area contributed by atoms with Gasteiger partial charge in [-0.05, 0) is 39.2 Å². The molecule has 1 aromatic heterocycles. The SMILES string of the molecule is CC(C)(C)OC(=O)NCCCC[C@H]([NH3+])c1nc(Cc2ccccc2)no1. The summed E-state index contributed by atoms with van der Waals surface area (Å²) in [4.78, 5) is 16.0. The second-order valence-electron chi connectivity index (χ2n) is 7.33. The average Bonchev–Trinajstić information content (AvgIpc) is 3.02. The van der Waals surface area contributed by atoms with E-state index in [2.05, 4.69) is 21.2 Å². The summed E-state index contributed by atoms with van der Waals surface area (Å²) in [5, 5.41) is 6.79. The van der Waals surface area contributed by atoms with Crippen molar-refractivity contribution >= 4 is 6.09 Å². The maximum absolute atomic E-state index is 11.6. The lowest BCUT2D eigenvalue weighted by molar-refractivity contribution is -0.433. The van der Waals surface area contributed by atoms with Gasteiger partial charge in [-0.15, -0.1) is 0 Å². The van der Waals surface area contributed by atoms with Crippen molar-refractivity contribution in [3.8, 4) is 0 Å². The highest BCUT2D eigenvalue weighted by atomic mass is 16.6. The molecule has 2 rings (SSSR count). The van der Waals surface area contributed by atoms with Gasteiger partial charge in [-0.3, -0.25) is 0 Å². The number of hydrogen-bond donors (Lipinski definition) is 2. The van der Waals surface area contributed by atoms with Crippen LogP contribution < -0.4 is 11.1 Å². The van der Waals surface area contributed by atoms with Crippen molar-refractivity contribution in [1.82, 2.24) is 15.5 Å². The fourth-order valence-corrected chi connectivity index (χ4v) is 2.43. The lowest BCUT2D eigenvalue weighted by atomic mass is 10.1. The highest BCUT2D eigenvalue weighted by molar-refractivity contribution is 5.67. The second kappa shape index (κ2) is 9.33. The van der Waals surface area contributed by atoms with E-state index in [1.165, 1.54) is 0 Å². The molecule has 0 aliphatic carbocycles. The molecule has 0 bridgehead atoms. The van der Waals surface area contributed by atoms with Crippen LogP contribution in [0.25, 0.3) is 0 Å². The van der Waals surface area contributed by atoms with E-state index >= 15 is 0 Å². The number of nitrogens with zero attached hydrogens (tertiary/aromatic N) is 2. The van der Waals surface area contributed by atoms with Gasteiger partial charge in [-0.25, -0.2) is 4.79 Å². The first-order chi connectivity index (χ1) is 12.3. The summed E-state index contributed by atoms with van der Waals surface area (Å²) < 4.78 is 10.5. The van der Waals surface area contributed by atoms with Crippen LogP contribution in [0.3, 0.4) is 0 Å². The Bertz CT molecular complexity index is 680. The minimum atomic E-state index is -0.474. The molecule has 1 atom stereocenters. The van der Waals surface area contributed by atoms with E-state index in [1.807, 2.05) is 51.1 Å². The van der Waals surface area contributed by atoms with Crippen molar-refractivity contribution in [2.45, 2.75) is 58.1 Å². The Hall–Kier alpha value is -2.41. The Balaban J connectivity index is 1.67. The van der Waals surface area contributed by atoms with Crippen LogP contribution in [0.4, 0.5) is 4.79 Å². The number of unbranched alkanes of at least 4 members (excludes halogenated alkanes) is 1. The third-order valence-electron chi connectivity index (χ3n) is 3.69. The number of hydrogen-bond acceptors (Lipinski definition) is 5. The smallest absolute Gasteiger partial charge is 0.407 e. The molecule has 7 nitrogen and oxygen atoms in total. The zero-order valence-electron chi connectivity index (χ0n) is 15.8. The molecule has 0 radical (unpaired) electrons. The summed E-state index contributed by atoms with van der Waals surface area (Å²) in [6.07, 6.45) is 2.84. The normalized spacial score (nSPS) is 12.6. The molecule has 0 spiro atoms. The Morgan fingerprint density at radius 2 is 2.00 bits per heavy atom. The Labute approximate surface area is 154 Å². The number of ether oxygens (including phenoxy) is 1.